The summed E-state index contributed by atoms with van der Waals surface area (Å²) in [6.45, 7) is 4.41. The molecule has 6 aromatic rings. The van der Waals surface area contributed by atoms with Crippen molar-refractivity contribution in [2.45, 2.75) is 46.1 Å². The van der Waals surface area contributed by atoms with E-state index < -0.39 is 5.76 Å². The predicted molar refractivity (Wildman–Crippen MR) is 163 cm³/mol. The molecule has 0 aliphatic heterocycles. The number of H-pyrrole nitrogens is 1. The van der Waals surface area contributed by atoms with Gasteiger partial charge in [-0.05, 0) is 48.6 Å². The Hall–Kier alpha value is -5.11. The minimum atomic E-state index is -0.595. The average molecular weight is 558 g/mol. The normalized spacial score (nSPS) is 11.3. The second-order valence-corrected chi connectivity index (χ2v) is 10.4. The van der Waals surface area contributed by atoms with Crippen molar-refractivity contribution in [3.05, 3.63) is 134 Å². The maximum absolute atomic E-state index is 14.0. The standard InChI is InChI=1S/C34H31N5O3/c1-3-4-12-31-29(33(40)39(22(2)35-31)21-26-19-18-25-9-5-8-13-30(25)36-26)20-23-14-16-24(17-15-23)27-10-6-7-11-28(27)32-37-34(41)42-38-32/h5-11,13-19H,3-4,12,20-21H2,1-2H3,(H,37,38,41). The lowest BCUT2D eigenvalue weighted by atomic mass is 9.96. The highest BCUT2D eigenvalue weighted by atomic mass is 16.5. The number of unbranched alkanes of at least 4 members (excludes halogenated alkanes) is 1. The Morgan fingerprint density at radius 2 is 1.62 bits per heavy atom. The fourth-order valence-corrected chi connectivity index (χ4v) is 5.32. The number of aromatic nitrogens is 5. The monoisotopic (exact) mass is 557 g/mol. The molecule has 210 valence electrons. The van der Waals surface area contributed by atoms with Crippen molar-refractivity contribution in [3.8, 4) is 22.5 Å². The predicted octanol–water partition coefficient (Wildman–Crippen LogP) is 6.09. The summed E-state index contributed by atoms with van der Waals surface area (Å²) in [5.41, 5.74) is 6.97. The van der Waals surface area contributed by atoms with E-state index >= 15 is 0 Å². The first-order chi connectivity index (χ1) is 20.5. The van der Waals surface area contributed by atoms with Gasteiger partial charge in [0.05, 0.1) is 23.4 Å². The first-order valence-electron chi connectivity index (χ1n) is 14.2. The molecule has 0 saturated heterocycles. The van der Waals surface area contributed by atoms with Gasteiger partial charge in [-0.3, -0.25) is 23.9 Å². The van der Waals surface area contributed by atoms with Crippen LogP contribution >= 0.6 is 0 Å². The van der Waals surface area contributed by atoms with E-state index in [0.717, 1.165) is 69.4 Å². The Balaban J connectivity index is 1.33. The largest absolute Gasteiger partial charge is 0.439 e. The van der Waals surface area contributed by atoms with Crippen LogP contribution < -0.4 is 11.3 Å². The van der Waals surface area contributed by atoms with E-state index in [0.29, 0.717) is 24.6 Å². The maximum Gasteiger partial charge on any atom is 0.439 e. The molecule has 3 heterocycles. The lowest BCUT2D eigenvalue weighted by molar-refractivity contribution is 0.388. The van der Waals surface area contributed by atoms with Gasteiger partial charge in [0.1, 0.15) is 5.82 Å². The first-order valence-corrected chi connectivity index (χ1v) is 14.2. The molecule has 1 N–H and O–H groups in total. The molecule has 8 nitrogen and oxygen atoms in total. The molecular formula is C34H31N5O3. The molecule has 0 fully saturated rings. The minimum Gasteiger partial charge on any atom is -0.296 e. The number of rotatable bonds is 9. The second kappa shape index (κ2) is 11.8. The van der Waals surface area contributed by atoms with Crippen LogP contribution in [0.5, 0.6) is 0 Å². The third-order valence-corrected chi connectivity index (χ3v) is 7.55. The number of benzene rings is 3. The molecule has 0 aliphatic rings. The zero-order chi connectivity index (χ0) is 29.1. The minimum absolute atomic E-state index is 0.0204. The van der Waals surface area contributed by atoms with Gasteiger partial charge in [0.15, 0.2) is 5.82 Å². The fourth-order valence-electron chi connectivity index (χ4n) is 5.32. The maximum atomic E-state index is 14.0. The van der Waals surface area contributed by atoms with Crippen LogP contribution in [0.2, 0.25) is 0 Å². The zero-order valence-corrected chi connectivity index (χ0v) is 23.6. The van der Waals surface area contributed by atoms with Crippen LogP contribution in [0, 0.1) is 6.92 Å². The van der Waals surface area contributed by atoms with Crippen molar-refractivity contribution in [3.63, 3.8) is 0 Å². The highest BCUT2D eigenvalue weighted by Gasteiger charge is 2.17. The van der Waals surface area contributed by atoms with Crippen molar-refractivity contribution in [1.82, 2.24) is 24.7 Å². The van der Waals surface area contributed by atoms with E-state index in [4.69, 9.17) is 14.5 Å². The summed E-state index contributed by atoms with van der Waals surface area (Å²) in [4.78, 5) is 37.9. The van der Waals surface area contributed by atoms with Crippen LogP contribution in [0.1, 0.15) is 48.1 Å². The quantitative estimate of drug-likeness (QED) is 0.231. The fraction of sp³-hybridized carbons (Fsp3) is 0.206. The van der Waals surface area contributed by atoms with E-state index in [2.05, 4.69) is 17.1 Å². The molecule has 0 bridgehead atoms. The van der Waals surface area contributed by atoms with Crippen LogP contribution in [0.25, 0.3) is 33.4 Å². The van der Waals surface area contributed by atoms with Crippen LogP contribution in [0.15, 0.2) is 99.0 Å². The van der Waals surface area contributed by atoms with Gasteiger partial charge in [0.2, 0.25) is 0 Å². The molecule has 3 aromatic carbocycles. The van der Waals surface area contributed by atoms with Crippen molar-refractivity contribution in [2.24, 2.45) is 0 Å². The van der Waals surface area contributed by atoms with Crippen LogP contribution in [0.4, 0.5) is 0 Å². The van der Waals surface area contributed by atoms with Gasteiger partial charge in [-0.1, -0.05) is 91.3 Å². The van der Waals surface area contributed by atoms with Gasteiger partial charge in [-0.2, -0.15) is 0 Å². The van der Waals surface area contributed by atoms with Gasteiger partial charge in [-0.25, -0.2) is 9.78 Å². The van der Waals surface area contributed by atoms with Gasteiger partial charge in [0.25, 0.3) is 5.56 Å². The Morgan fingerprint density at radius 1 is 0.857 bits per heavy atom. The van der Waals surface area contributed by atoms with Crippen LogP contribution in [0.3, 0.4) is 0 Å². The summed E-state index contributed by atoms with van der Waals surface area (Å²) >= 11 is 0. The van der Waals surface area contributed by atoms with Gasteiger partial charge >= 0.3 is 5.76 Å². The molecule has 6 rings (SSSR count). The van der Waals surface area contributed by atoms with E-state index in [9.17, 15) is 9.59 Å². The lowest BCUT2D eigenvalue weighted by Crippen LogP contribution is -2.30. The summed E-state index contributed by atoms with van der Waals surface area (Å²) < 4.78 is 6.46. The van der Waals surface area contributed by atoms with Gasteiger partial charge in [0, 0.05) is 22.9 Å². The van der Waals surface area contributed by atoms with Gasteiger partial charge in [-0.15, -0.1) is 0 Å². The van der Waals surface area contributed by atoms with Crippen molar-refractivity contribution < 1.29 is 4.52 Å². The molecule has 0 saturated carbocycles. The highest BCUT2D eigenvalue weighted by molar-refractivity contribution is 5.80. The number of fused-ring (bicyclic) bond motifs is 1. The topological polar surface area (TPSA) is 107 Å². The number of pyridine rings is 1. The molecule has 0 atom stereocenters. The Labute approximate surface area is 242 Å². The van der Waals surface area contributed by atoms with Crippen molar-refractivity contribution >= 4 is 10.9 Å². The SMILES string of the molecule is CCCCc1nc(C)n(Cc2ccc3ccccc3n2)c(=O)c1Cc1ccc(-c2ccccc2-c2noc(=O)[nH]2)cc1. The molecule has 0 radical (unpaired) electrons. The molecule has 0 spiro atoms. The number of nitrogens with one attached hydrogen (secondary N) is 1. The first kappa shape index (κ1) is 27.1. The highest BCUT2D eigenvalue weighted by Crippen LogP contribution is 2.30. The summed E-state index contributed by atoms with van der Waals surface area (Å²) in [7, 11) is 0. The number of hydrogen-bond acceptors (Lipinski definition) is 6. The summed E-state index contributed by atoms with van der Waals surface area (Å²) in [5.74, 6) is 0.484. The molecule has 42 heavy (non-hydrogen) atoms. The molecule has 0 aliphatic carbocycles. The third kappa shape index (κ3) is 5.56. The Morgan fingerprint density at radius 3 is 2.38 bits per heavy atom. The van der Waals surface area contributed by atoms with E-state index in [1.165, 1.54) is 0 Å². The zero-order valence-electron chi connectivity index (χ0n) is 23.6. The molecule has 0 unspecified atom stereocenters. The number of hydrogen-bond donors (Lipinski definition) is 1. The van der Waals surface area contributed by atoms with E-state index in [1.54, 1.807) is 4.57 Å². The third-order valence-electron chi connectivity index (χ3n) is 7.55. The number of aryl methyl sites for hydroxylation is 2. The number of nitrogens with zero attached hydrogens (tertiary/aromatic N) is 4. The number of para-hydroxylation sites is 1. The molecular weight excluding hydrogens is 526 g/mol. The van der Waals surface area contributed by atoms with Gasteiger partial charge < -0.3 is 0 Å². The molecule has 3 aromatic heterocycles. The number of aromatic amines is 1. The Kier molecular flexibility index (Phi) is 7.60. The van der Waals surface area contributed by atoms with E-state index in [1.807, 2.05) is 91.9 Å². The summed E-state index contributed by atoms with van der Waals surface area (Å²) in [5, 5.41) is 4.93. The summed E-state index contributed by atoms with van der Waals surface area (Å²) in [6.07, 6.45) is 3.23. The second-order valence-electron chi connectivity index (χ2n) is 10.4. The lowest BCUT2D eigenvalue weighted by Gasteiger charge is -2.16. The smallest absolute Gasteiger partial charge is 0.296 e. The summed E-state index contributed by atoms with van der Waals surface area (Å²) in [6, 6.07) is 27.8. The molecule has 0 amide bonds. The average Bonchev–Trinajstić information content (AvgIpc) is 3.46. The van der Waals surface area contributed by atoms with Crippen LogP contribution in [-0.2, 0) is 19.4 Å². The van der Waals surface area contributed by atoms with Crippen molar-refractivity contribution in [1.29, 1.82) is 0 Å². The van der Waals surface area contributed by atoms with E-state index in [-0.39, 0.29) is 5.56 Å². The molecule has 8 heteroatoms. The Bertz CT molecular complexity index is 1990. The van der Waals surface area contributed by atoms with Crippen molar-refractivity contribution in [2.75, 3.05) is 0 Å². The van der Waals surface area contributed by atoms with Crippen LogP contribution in [-0.4, -0.2) is 24.7 Å².